The molecule has 1 atom stereocenters. The number of oxime groups is 1. The second-order valence-electron chi connectivity index (χ2n) is 8.18. The number of carbonyl (C=O) groups excluding carboxylic acids is 2. The molecule has 2 heterocycles. The molecule has 2 N–H and O–H groups in total. The SMILES string of the molecule is CCc1ccc(NC(=O)N2CCC[C@]3(CC(C(=O)Nc4ccc(OC)cc4)=NO3)C2)cc1. The van der Waals surface area contributed by atoms with Crippen LogP contribution in [-0.2, 0) is 16.1 Å². The van der Waals surface area contributed by atoms with E-state index < -0.39 is 5.60 Å². The molecule has 8 nitrogen and oxygen atoms in total. The molecule has 0 saturated carbocycles. The molecule has 32 heavy (non-hydrogen) atoms. The van der Waals surface area contributed by atoms with Gasteiger partial charge >= 0.3 is 6.03 Å². The summed E-state index contributed by atoms with van der Waals surface area (Å²) in [5.41, 5.74) is 2.30. The summed E-state index contributed by atoms with van der Waals surface area (Å²) in [6, 6.07) is 14.7. The molecule has 4 rings (SSSR count). The predicted octanol–water partition coefficient (Wildman–Crippen LogP) is 4.04. The number of aryl methyl sites for hydroxylation is 1. The van der Waals surface area contributed by atoms with Crippen molar-refractivity contribution in [2.24, 2.45) is 5.16 Å². The zero-order valence-electron chi connectivity index (χ0n) is 18.4. The van der Waals surface area contributed by atoms with Crippen molar-refractivity contribution in [3.8, 4) is 5.75 Å². The molecule has 1 spiro atoms. The van der Waals surface area contributed by atoms with Gasteiger partial charge in [-0.15, -0.1) is 0 Å². The number of likely N-dealkylation sites (tertiary alicyclic amines) is 1. The number of urea groups is 1. The highest BCUT2D eigenvalue weighted by Crippen LogP contribution is 2.34. The fourth-order valence-electron chi connectivity index (χ4n) is 4.04. The molecule has 168 valence electrons. The third-order valence-electron chi connectivity index (χ3n) is 5.89. The number of nitrogens with zero attached hydrogens (tertiary/aromatic N) is 2. The van der Waals surface area contributed by atoms with Crippen LogP contribution in [0.25, 0.3) is 0 Å². The highest BCUT2D eigenvalue weighted by molar-refractivity contribution is 6.43. The molecule has 8 heteroatoms. The Morgan fingerprint density at radius 3 is 2.47 bits per heavy atom. The van der Waals surface area contributed by atoms with Crippen LogP contribution in [0.5, 0.6) is 5.75 Å². The van der Waals surface area contributed by atoms with Crippen molar-refractivity contribution in [1.82, 2.24) is 4.90 Å². The van der Waals surface area contributed by atoms with Crippen molar-refractivity contribution >= 4 is 29.0 Å². The van der Waals surface area contributed by atoms with Crippen LogP contribution in [0.4, 0.5) is 16.2 Å². The maximum Gasteiger partial charge on any atom is 0.321 e. The number of amides is 3. The van der Waals surface area contributed by atoms with Gasteiger partial charge in [-0.25, -0.2) is 4.79 Å². The minimum atomic E-state index is -0.658. The van der Waals surface area contributed by atoms with Crippen molar-refractivity contribution in [2.45, 2.75) is 38.2 Å². The summed E-state index contributed by atoms with van der Waals surface area (Å²) in [4.78, 5) is 32.9. The lowest BCUT2D eigenvalue weighted by Crippen LogP contribution is -2.52. The summed E-state index contributed by atoms with van der Waals surface area (Å²) in [7, 11) is 1.59. The predicted molar refractivity (Wildman–Crippen MR) is 123 cm³/mol. The summed E-state index contributed by atoms with van der Waals surface area (Å²) < 4.78 is 5.13. The first-order chi connectivity index (χ1) is 15.5. The fourth-order valence-corrected chi connectivity index (χ4v) is 4.04. The Hall–Kier alpha value is -3.55. The molecule has 1 fully saturated rings. The number of anilines is 2. The molecule has 0 unspecified atom stereocenters. The number of nitrogens with one attached hydrogen (secondary N) is 2. The molecule has 2 aromatic rings. The van der Waals surface area contributed by atoms with Crippen molar-refractivity contribution in [3.63, 3.8) is 0 Å². The molecular weight excluding hydrogens is 408 g/mol. The molecule has 2 aliphatic rings. The summed E-state index contributed by atoms with van der Waals surface area (Å²) >= 11 is 0. The first-order valence-electron chi connectivity index (χ1n) is 10.9. The van der Waals surface area contributed by atoms with Gasteiger partial charge in [0, 0.05) is 24.3 Å². The van der Waals surface area contributed by atoms with E-state index in [0.29, 0.717) is 36.7 Å². The lowest BCUT2D eigenvalue weighted by atomic mass is 9.88. The zero-order chi connectivity index (χ0) is 22.6. The van der Waals surface area contributed by atoms with Gasteiger partial charge < -0.3 is 25.1 Å². The van der Waals surface area contributed by atoms with E-state index in [1.807, 2.05) is 24.3 Å². The van der Waals surface area contributed by atoms with E-state index in [-0.39, 0.29) is 11.9 Å². The monoisotopic (exact) mass is 436 g/mol. The first-order valence-corrected chi connectivity index (χ1v) is 10.9. The van der Waals surface area contributed by atoms with Gasteiger partial charge in [0.15, 0.2) is 5.60 Å². The van der Waals surface area contributed by atoms with Gasteiger partial charge in [0.25, 0.3) is 5.91 Å². The summed E-state index contributed by atoms with van der Waals surface area (Å²) in [6.45, 7) is 3.11. The quantitative estimate of drug-likeness (QED) is 0.740. The topological polar surface area (TPSA) is 92.3 Å². The molecule has 2 aliphatic heterocycles. The van der Waals surface area contributed by atoms with Crippen LogP contribution in [0.3, 0.4) is 0 Å². The second-order valence-corrected chi connectivity index (χ2v) is 8.18. The number of hydrogen-bond donors (Lipinski definition) is 2. The number of methoxy groups -OCH3 is 1. The van der Waals surface area contributed by atoms with E-state index in [2.05, 4.69) is 22.7 Å². The van der Waals surface area contributed by atoms with E-state index in [9.17, 15) is 9.59 Å². The lowest BCUT2D eigenvalue weighted by molar-refractivity contribution is -0.110. The van der Waals surface area contributed by atoms with Gasteiger partial charge in [-0.2, -0.15) is 0 Å². The van der Waals surface area contributed by atoms with E-state index in [1.54, 1.807) is 36.3 Å². The fraction of sp³-hybridized carbons (Fsp3) is 0.375. The Bertz CT molecular complexity index is 1000. The molecule has 0 radical (unpaired) electrons. The number of piperidine rings is 1. The van der Waals surface area contributed by atoms with Gasteiger partial charge in [-0.1, -0.05) is 24.2 Å². The Labute approximate surface area is 187 Å². The zero-order valence-corrected chi connectivity index (χ0v) is 18.4. The van der Waals surface area contributed by atoms with E-state index >= 15 is 0 Å². The molecular formula is C24H28N4O4. The van der Waals surface area contributed by atoms with Crippen molar-refractivity contribution in [2.75, 3.05) is 30.8 Å². The Morgan fingerprint density at radius 1 is 1.09 bits per heavy atom. The average Bonchev–Trinajstić information content (AvgIpc) is 3.23. The highest BCUT2D eigenvalue weighted by atomic mass is 16.7. The molecule has 2 aromatic carbocycles. The number of carbonyl (C=O) groups is 2. The Morgan fingerprint density at radius 2 is 1.78 bits per heavy atom. The van der Waals surface area contributed by atoms with E-state index in [4.69, 9.17) is 9.57 Å². The first kappa shape index (κ1) is 21.7. The van der Waals surface area contributed by atoms with Gasteiger partial charge in [-0.3, -0.25) is 4.79 Å². The number of benzene rings is 2. The normalized spacial score (nSPS) is 19.8. The largest absolute Gasteiger partial charge is 0.497 e. The Balaban J connectivity index is 1.34. The van der Waals surface area contributed by atoms with E-state index in [0.717, 1.165) is 24.9 Å². The van der Waals surface area contributed by atoms with Crippen molar-refractivity contribution in [3.05, 3.63) is 54.1 Å². The van der Waals surface area contributed by atoms with Crippen LogP contribution < -0.4 is 15.4 Å². The van der Waals surface area contributed by atoms with E-state index in [1.165, 1.54) is 5.56 Å². The standard InChI is InChI=1S/C24H28N4O4/c1-3-17-5-7-19(8-6-17)26-23(30)28-14-4-13-24(16-28)15-21(27-32-24)22(29)25-18-9-11-20(31-2)12-10-18/h5-12H,3-4,13-16H2,1-2H3,(H,25,29)(H,26,30)/t24-/m0/s1. The van der Waals surface area contributed by atoms with Crippen LogP contribution in [-0.4, -0.2) is 48.4 Å². The van der Waals surface area contributed by atoms with Crippen LogP contribution >= 0.6 is 0 Å². The molecule has 3 amide bonds. The summed E-state index contributed by atoms with van der Waals surface area (Å²) in [6.07, 6.45) is 2.84. The number of hydrogen-bond acceptors (Lipinski definition) is 5. The third kappa shape index (κ3) is 4.85. The van der Waals surface area contributed by atoms with Gasteiger partial charge in [0.1, 0.15) is 11.5 Å². The maximum absolute atomic E-state index is 12.8. The summed E-state index contributed by atoms with van der Waals surface area (Å²) in [5, 5.41) is 9.85. The molecule has 0 aromatic heterocycles. The lowest BCUT2D eigenvalue weighted by Gasteiger charge is -2.38. The average molecular weight is 437 g/mol. The number of rotatable bonds is 5. The van der Waals surface area contributed by atoms with Gasteiger partial charge in [0.05, 0.1) is 13.7 Å². The van der Waals surface area contributed by atoms with Crippen molar-refractivity contribution in [1.29, 1.82) is 0 Å². The number of ether oxygens (including phenoxy) is 1. The third-order valence-corrected chi connectivity index (χ3v) is 5.89. The molecule has 0 bridgehead atoms. The van der Waals surface area contributed by atoms with Gasteiger partial charge in [0.2, 0.25) is 0 Å². The van der Waals surface area contributed by atoms with Crippen LogP contribution in [0.15, 0.2) is 53.7 Å². The molecule has 0 aliphatic carbocycles. The van der Waals surface area contributed by atoms with Crippen LogP contribution in [0.2, 0.25) is 0 Å². The minimum absolute atomic E-state index is 0.173. The van der Waals surface area contributed by atoms with Crippen LogP contribution in [0, 0.1) is 0 Å². The minimum Gasteiger partial charge on any atom is -0.497 e. The summed E-state index contributed by atoms with van der Waals surface area (Å²) in [5.74, 6) is 0.412. The van der Waals surface area contributed by atoms with Gasteiger partial charge in [-0.05, 0) is 61.2 Å². The van der Waals surface area contributed by atoms with Crippen molar-refractivity contribution < 1.29 is 19.2 Å². The Kier molecular flexibility index (Phi) is 6.30. The smallest absolute Gasteiger partial charge is 0.321 e. The molecule has 1 saturated heterocycles. The maximum atomic E-state index is 12.8. The van der Waals surface area contributed by atoms with Crippen LogP contribution in [0.1, 0.15) is 31.7 Å². The highest BCUT2D eigenvalue weighted by Gasteiger charge is 2.45. The second kappa shape index (κ2) is 9.30.